The quantitative estimate of drug-likeness (QED) is 0.673. The number of hydrogen-bond acceptors (Lipinski definition) is 1. The first-order valence-electron chi connectivity index (χ1n) is 7.14. The Labute approximate surface area is 105 Å². The lowest BCUT2D eigenvalue weighted by molar-refractivity contribution is -0.136. The molecule has 1 saturated heterocycles. The molecule has 2 atom stereocenters. The van der Waals surface area contributed by atoms with E-state index >= 15 is 0 Å². The van der Waals surface area contributed by atoms with Crippen LogP contribution < -0.4 is 0 Å². The Morgan fingerprint density at radius 1 is 1.24 bits per heavy atom. The highest BCUT2D eigenvalue weighted by molar-refractivity contribution is 5.79. The van der Waals surface area contributed by atoms with Crippen LogP contribution in [0.2, 0.25) is 0 Å². The number of carbonyl (C=O) groups excluding carboxylic acids is 1. The van der Waals surface area contributed by atoms with Gasteiger partial charge in [-0.15, -0.1) is 0 Å². The molecule has 1 aliphatic heterocycles. The average molecular weight is 235 g/mol. The smallest absolute Gasteiger partial charge is 0.226 e. The molecule has 17 heavy (non-hydrogen) atoms. The van der Waals surface area contributed by atoms with E-state index in [1.165, 1.54) is 19.3 Å². The van der Waals surface area contributed by atoms with Gasteiger partial charge in [-0.25, -0.2) is 0 Å². The minimum Gasteiger partial charge on any atom is -0.342 e. The molecule has 0 spiro atoms. The summed E-state index contributed by atoms with van der Waals surface area (Å²) in [6.07, 6.45) is 10.0. The van der Waals surface area contributed by atoms with Crippen LogP contribution >= 0.6 is 0 Å². The first kappa shape index (κ1) is 12.7. The van der Waals surface area contributed by atoms with E-state index in [-0.39, 0.29) is 5.92 Å². The molecule has 2 unspecified atom stereocenters. The summed E-state index contributed by atoms with van der Waals surface area (Å²) in [6.45, 7) is 6.51. The van der Waals surface area contributed by atoms with Crippen LogP contribution in [0.5, 0.6) is 0 Å². The monoisotopic (exact) mass is 235 g/mol. The third kappa shape index (κ3) is 3.11. The van der Waals surface area contributed by atoms with Gasteiger partial charge in [-0.05, 0) is 37.5 Å². The van der Waals surface area contributed by atoms with Gasteiger partial charge in [0.1, 0.15) is 0 Å². The number of nitrogens with zero attached hydrogens (tertiary/aromatic N) is 1. The summed E-state index contributed by atoms with van der Waals surface area (Å²) in [5.74, 6) is 2.04. The summed E-state index contributed by atoms with van der Waals surface area (Å²) in [5, 5.41) is 0. The Bertz CT molecular complexity index is 289. The van der Waals surface area contributed by atoms with Gasteiger partial charge in [0.05, 0.1) is 0 Å². The van der Waals surface area contributed by atoms with Crippen molar-refractivity contribution in [3.05, 3.63) is 12.2 Å². The first-order valence-corrected chi connectivity index (χ1v) is 7.14. The van der Waals surface area contributed by atoms with Gasteiger partial charge in [0, 0.05) is 19.0 Å². The Balaban J connectivity index is 1.98. The fourth-order valence-corrected chi connectivity index (χ4v) is 3.06. The molecule has 2 heteroatoms. The number of allylic oxidation sites excluding steroid dienone is 2. The van der Waals surface area contributed by atoms with Crippen LogP contribution in [0.15, 0.2) is 12.2 Å². The van der Waals surface area contributed by atoms with E-state index in [1.54, 1.807) is 0 Å². The standard InChI is InChI=1S/C15H25NO/c1-3-13-9-8-12(2)10-16(11-13)15(17)14-6-4-5-7-14/h4-5,12-14H,3,6-11H2,1-2H3. The summed E-state index contributed by atoms with van der Waals surface area (Å²) in [4.78, 5) is 14.6. The van der Waals surface area contributed by atoms with E-state index < -0.39 is 0 Å². The minimum absolute atomic E-state index is 0.248. The molecule has 0 aromatic rings. The third-order valence-corrected chi connectivity index (χ3v) is 4.32. The van der Waals surface area contributed by atoms with Crippen molar-refractivity contribution in [1.82, 2.24) is 4.90 Å². The fraction of sp³-hybridized carbons (Fsp3) is 0.800. The van der Waals surface area contributed by atoms with Crippen LogP contribution in [0.25, 0.3) is 0 Å². The second-order valence-corrected chi connectivity index (χ2v) is 5.84. The zero-order valence-electron chi connectivity index (χ0n) is 11.2. The van der Waals surface area contributed by atoms with Crippen LogP contribution in [0.1, 0.15) is 46.0 Å². The number of hydrogen-bond donors (Lipinski definition) is 0. The van der Waals surface area contributed by atoms with E-state index in [2.05, 4.69) is 30.9 Å². The largest absolute Gasteiger partial charge is 0.342 e. The van der Waals surface area contributed by atoms with Crippen LogP contribution in [0.4, 0.5) is 0 Å². The van der Waals surface area contributed by atoms with E-state index in [4.69, 9.17) is 0 Å². The van der Waals surface area contributed by atoms with Gasteiger partial charge >= 0.3 is 0 Å². The maximum Gasteiger partial charge on any atom is 0.226 e. The Kier molecular flexibility index (Phi) is 4.25. The highest BCUT2D eigenvalue weighted by atomic mass is 16.2. The topological polar surface area (TPSA) is 20.3 Å². The third-order valence-electron chi connectivity index (χ3n) is 4.32. The molecule has 96 valence electrons. The molecule has 2 aliphatic rings. The zero-order chi connectivity index (χ0) is 12.3. The summed E-state index contributed by atoms with van der Waals surface area (Å²) in [6, 6.07) is 0. The van der Waals surface area contributed by atoms with E-state index in [0.29, 0.717) is 11.8 Å². The number of likely N-dealkylation sites (tertiary alicyclic amines) is 1. The van der Waals surface area contributed by atoms with Gasteiger partial charge in [0.15, 0.2) is 0 Å². The fourth-order valence-electron chi connectivity index (χ4n) is 3.06. The van der Waals surface area contributed by atoms with Gasteiger partial charge in [-0.1, -0.05) is 32.4 Å². The molecule has 0 aromatic heterocycles. The summed E-state index contributed by atoms with van der Waals surface area (Å²) < 4.78 is 0. The second-order valence-electron chi connectivity index (χ2n) is 5.84. The number of carbonyl (C=O) groups is 1. The molecule has 0 bridgehead atoms. The van der Waals surface area contributed by atoms with Crippen LogP contribution in [0.3, 0.4) is 0 Å². The van der Waals surface area contributed by atoms with Crippen molar-refractivity contribution in [2.24, 2.45) is 17.8 Å². The molecule has 1 aliphatic carbocycles. The predicted octanol–water partition coefficient (Wildman–Crippen LogP) is 3.24. The highest BCUT2D eigenvalue weighted by Crippen LogP contribution is 2.26. The normalized spacial score (nSPS) is 30.6. The Morgan fingerprint density at radius 3 is 2.59 bits per heavy atom. The summed E-state index contributed by atoms with van der Waals surface area (Å²) in [7, 11) is 0. The van der Waals surface area contributed by atoms with Gasteiger partial charge in [-0.2, -0.15) is 0 Å². The molecule has 0 radical (unpaired) electrons. The van der Waals surface area contributed by atoms with Crippen molar-refractivity contribution in [2.75, 3.05) is 13.1 Å². The SMILES string of the molecule is CCC1CCC(C)CN(C(=O)C2CC=CC2)C1. The van der Waals surface area contributed by atoms with Crippen molar-refractivity contribution in [2.45, 2.75) is 46.0 Å². The summed E-state index contributed by atoms with van der Waals surface area (Å²) >= 11 is 0. The molecule has 0 saturated carbocycles. The maximum absolute atomic E-state index is 12.4. The van der Waals surface area contributed by atoms with Gasteiger partial charge in [0.2, 0.25) is 5.91 Å². The van der Waals surface area contributed by atoms with Gasteiger partial charge < -0.3 is 4.90 Å². The van der Waals surface area contributed by atoms with Crippen molar-refractivity contribution in [3.63, 3.8) is 0 Å². The molecule has 1 fully saturated rings. The molecule has 2 rings (SSSR count). The number of rotatable bonds is 2. The lowest BCUT2D eigenvalue weighted by atomic mass is 9.97. The maximum atomic E-state index is 12.4. The molecule has 0 aromatic carbocycles. The Hall–Kier alpha value is -0.790. The van der Waals surface area contributed by atoms with Crippen molar-refractivity contribution in [3.8, 4) is 0 Å². The predicted molar refractivity (Wildman–Crippen MR) is 70.6 cm³/mol. The van der Waals surface area contributed by atoms with Gasteiger partial charge in [-0.3, -0.25) is 4.79 Å². The van der Waals surface area contributed by atoms with Crippen molar-refractivity contribution >= 4 is 5.91 Å². The summed E-state index contributed by atoms with van der Waals surface area (Å²) in [5.41, 5.74) is 0. The zero-order valence-corrected chi connectivity index (χ0v) is 11.2. The Morgan fingerprint density at radius 2 is 1.94 bits per heavy atom. The number of amides is 1. The lowest BCUT2D eigenvalue weighted by Gasteiger charge is -2.27. The van der Waals surface area contributed by atoms with Crippen LogP contribution in [-0.2, 0) is 4.79 Å². The van der Waals surface area contributed by atoms with Crippen molar-refractivity contribution in [1.29, 1.82) is 0 Å². The molecule has 2 nitrogen and oxygen atoms in total. The van der Waals surface area contributed by atoms with Crippen LogP contribution in [-0.4, -0.2) is 23.9 Å². The van der Waals surface area contributed by atoms with E-state index in [9.17, 15) is 4.79 Å². The average Bonchev–Trinajstić information content (AvgIpc) is 2.79. The minimum atomic E-state index is 0.248. The van der Waals surface area contributed by atoms with E-state index in [0.717, 1.165) is 31.8 Å². The molecule has 0 N–H and O–H groups in total. The van der Waals surface area contributed by atoms with E-state index in [1.807, 2.05) is 0 Å². The van der Waals surface area contributed by atoms with Gasteiger partial charge in [0.25, 0.3) is 0 Å². The first-order chi connectivity index (χ1) is 8.20. The van der Waals surface area contributed by atoms with Crippen LogP contribution in [0, 0.1) is 17.8 Å². The molecule has 1 heterocycles. The second kappa shape index (κ2) is 5.70. The molecular weight excluding hydrogens is 210 g/mol. The molecular formula is C15H25NO. The van der Waals surface area contributed by atoms with Crippen molar-refractivity contribution < 1.29 is 4.79 Å². The highest BCUT2D eigenvalue weighted by Gasteiger charge is 2.29. The lowest BCUT2D eigenvalue weighted by Crippen LogP contribution is -2.39. The molecule has 1 amide bonds.